The van der Waals surface area contributed by atoms with Crippen molar-refractivity contribution in [2.75, 3.05) is 0 Å². The predicted molar refractivity (Wildman–Crippen MR) is 85.3 cm³/mol. The minimum atomic E-state index is 0.216. The maximum Gasteiger partial charge on any atom is 0.0664 e. The lowest BCUT2D eigenvalue weighted by Gasteiger charge is -2.15. The molecule has 0 amide bonds. The summed E-state index contributed by atoms with van der Waals surface area (Å²) in [5, 5.41) is 0. The zero-order valence-electron chi connectivity index (χ0n) is 12.2. The van der Waals surface area contributed by atoms with Crippen molar-refractivity contribution >= 4 is 11.1 Å². The molecule has 2 aromatic rings. The van der Waals surface area contributed by atoms with Crippen molar-refractivity contribution in [3.8, 4) is 0 Å². The molecule has 21 heavy (non-hydrogen) atoms. The van der Waals surface area contributed by atoms with Gasteiger partial charge in [0.05, 0.1) is 11.4 Å². The molecule has 1 fully saturated rings. The molecule has 0 unspecified atom stereocenters. The number of hydrogen-bond acceptors (Lipinski definition) is 2. The van der Waals surface area contributed by atoms with Crippen LogP contribution in [0.1, 0.15) is 31.2 Å². The van der Waals surface area contributed by atoms with Crippen LogP contribution in [0.25, 0.3) is 11.1 Å². The molecule has 2 heterocycles. The Hall–Kier alpha value is -2.22. The molecule has 0 radical (unpaired) electrons. The summed E-state index contributed by atoms with van der Waals surface area (Å²) in [6, 6.07) is 12.3. The summed E-state index contributed by atoms with van der Waals surface area (Å²) in [5.74, 6) is 0.572. The first-order chi connectivity index (χ1) is 10.3. The van der Waals surface area contributed by atoms with Crippen molar-refractivity contribution in [1.82, 2.24) is 9.97 Å². The Kier molecular flexibility index (Phi) is 2.78. The second kappa shape index (κ2) is 4.66. The van der Waals surface area contributed by atoms with E-state index in [1.165, 1.54) is 17.6 Å². The van der Waals surface area contributed by atoms with Gasteiger partial charge in [-0.1, -0.05) is 31.2 Å². The van der Waals surface area contributed by atoms with Crippen molar-refractivity contribution < 1.29 is 0 Å². The van der Waals surface area contributed by atoms with E-state index in [0.717, 1.165) is 17.8 Å². The average Bonchev–Trinajstić information content (AvgIpc) is 3.22. The van der Waals surface area contributed by atoms with Crippen LogP contribution < -0.4 is 0 Å². The highest BCUT2D eigenvalue weighted by Crippen LogP contribution is 2.65. The molecule has 2 aliphatic rings. The lowest BCUT2D eigenvalue weighted by Crippen LogP contribution is -2.04. The topological polar surface area (TPSA) is 25.8 Å². The molecule has 4 rings (SSSR count). The van der Waals surface area contributed by atoms with Gasteiger partial charge in [-0.2, -0.15) is 0 Å². The maximum atomic E-state index is 4.56. The van der Waals surface area contributed by atoms with E-state index in [0.29, 0.717) is 5.92 Å². The Morgan fingerprint density at radius 2 is 1.67 bits per heavy atom. The molecular weight excluding hydrogens is 256 g/mol. The van der Waals surface area contributed by atoms with E-state index in [4.69, 9.17) is 0 Å². The Bertz CT molecular complexity index is 716. The van der Waals surface area contributed by atoms with Gasteiger partial charge < -0.3 is 0 Å². The van der Waals surface area contributed by atoms with Crippen molar-refractivity contribution in [2.24, 2.45) is 11.3 Å². The molecule has 0 bridgehead atoms. The third-order valence-electron chi connectivity index (χ3n) is 4.79. The van der Waals surface area contributed by atoms with Gasteiger partial charge in [0.15, 0.2) is 0 Å². The normalized spacial score (nSPS) is 27.2. The zero-order chi connectivity index (χ0) is 14.3. The minimum absolute atomic E-state index is 0.216. The summed E-state index contributed by atoms with van der Waals surface area (Å²) < 4.78 is 0. The van der Waals surface area contributed by atoms with Gasteiger partial charge in [-0.05, 0) is 54.2 Å². The largest absolute Gasteiger partial charge is 0.257 e. The summed E-state index contributed by atoms with van der Waals surface area (Å²) in [4.78, 5) is 9.10. The van der Waals surface area contributed by atoms with Gasteiger partial charge in [0.1, 0.15) is 0 Å². The fourth-order valence-corrected chi connectivity index (χ4v) is 3.53. The van der Waals surface area contributed by atoms with Gasteiger partial charge >= 0.3 is 0 Å². The van der Waals surface area contributed by atoms with E-state index in [1.54, 1.807) is 0 Å². The Morgan fingerprint density at radius 3 is 2.33 bits per heavy atom. The van der Waals surface area contributed by atoms with Crippen LogP contribution in [0.15, 0.2) is 60.9 Å². The highest BCUT2D eigenvalue weighted by Gasteiger charge is 2.55. The Labute approximate surface area is 125 Å². The predicted octanol–water partition coefficient (Wildman–Crippen LogP) is 4.37. The number of hydrogen-bond donors (Lipinski definition) is 0. The number of nitrogens with zero attached hydrogens (tertiary/aromatic N) is 2. The minimum Gasteiger partial charge on any atom is -0.257 e. The van der Waals surface area contributed by atoms with Crippen LogP contribution in [0, 0.1) is 11.3 Å². The van der Waals surface area contributed by atoms with Gasteiger partial charge in [0.2, 0.25) is 0 Å². The van der Waals surface area contributed by atoms with E-state index in [-0.39, 0.29) is 5.41 Å². The van der Waals surface area contributed by atoms with Crippen molar-refractivity contribution in [2.45, 2.75) is 19.8 Å². The number of aromatic nitrogens is 2. The fraction of sp³-hybridized carbons (Fsp3) is 0.263. The van der Waals surface area contributed by atoms with Gasteiger partial charge in [-0.15, -0.1) is 0 Å². The van der Waals surface area contributed by atoms with Gasteiger partial charge in [-0.3, -0.25) is 9.97 Å². The Balaban J connectivity index is 1.70. The van der Waals surface area contributed by atoms with Gasteiger partial charge in [0.25, 0.3) is 0 Å². The monoisotopic (exact) mass is 274 g/mol. The molecule has 0 spiro atoms. The summed E-state index contributed by atoms with van der Waals surface area (Å²) in [6.45, 7) is 2.36. The number of allylic oxidation sites excluding steroid dienone is 4. The van der Waals surface area contributed by atoms with E-state index >= 15 is 0 Å². The molecule has 0 saturated heterocycles. The molecule has 2 aromatic heterocycles. The van der Waals surface area contributed by atoms with Crippen LogP contribution in [-0.2, 0) is 0 Å². The van der Waals surface area contributed by atoms with Gasteiger partial charge in [0, 0.05) is 17.8 Å². The van der Waals surface area contributed by atoms with Gasteiger partial charge in [-0.25, -0.2) is 0 Å². The molecule has 104 valence electrons. The quantitative estimate of drug-likeness (QED) is 0.812. The van der Waals surface area contributed by atoms with E-state index in [9.17, 15) is 0 Å². The smallest absolute Gasteiger partial charge is 0.0664 e. The highest BCUT2D eigenvalue weighted by molar-refractivity contribution is 5.81. The standard InChI is InChI=1S/C19H18N2/c1-19-13-16(19)14(17-9-2-4-11-20-17)7-6-8-15(19)18-10-3-5-12-21-18/h2-5,7-12,16H,6,13H2,1H3/t16-,19+/m0/s1. The van der Waals surface area contributed by atoms with E-state index in [1.807, 2.05) is 24.5 Å². The van der Waals surface area contributed by atoms with E-state index in [2.05, 4.69) is 53.3 Å². The molecule has 0 aliphatic heterocycles. The second-order valence-corrected chi connectivity index (χ2v) is 6.12. The summed E-state index contributed by atoms with van der Waals surface area (Å²) in [5.41, 5.74) is 5.27. The highest BCUT2D eigenvalue weighted by atomic mass is 14.7. The lowest BCUT2D eigenvalue weighted by atomic mass is 9.90. The van der Waals surface area contributed by atoms with Crippen molar-refractivity contribution in [1.29, 1.82) is 0 Å². The fourth-order valence-electron chi connectivity index (χ4n) is 3.53. The van der Waals surface area contributed by atoms with Crippen LogP contribution in [0.3, 0.4) is 0 Å². The van der Waals surface area contributed by atoms with Crippen LogP contribution in [0.4, 0.5) is 0 Å². The first kappa shape index (κ1) is 12.5. The summed E-state index contributed by atoms with van der Waals surface area (Å²) in [7, 11) is 0. The average molecular weight is 274 g/mol. The zero-order valence-corrected chi connectivity index (χ0v) is 12.2. The maximum absolute atomic E-state index is 4.56. The molecule has 0 aromatic carbocycles. The molecule has 2 atom stereocenters. The summed E-state index contributed by atoms with van der Waals surface area (Å²) in [6.07, 6.45) is 10.6. The number of pyridine rings is 2. The van der Waals surface area contributed by atoms with Crippen molar-refractivity contribution in [3.05, 3.63) is 72.3 Å². The molecule has 2 heteroatoms. The molecular formula is C19H18N2. The first-order valence-electron chi connectivity index (χ1n) is 7.52. The second-order valence-electron chi connectivity index (χ2n) is 6.12. The number of fused-ring (bicyclic) bond motifs is 1. The summed E-state index contributed by atoms with van der Waals surface area (Å²) >= 11 is 0. The molecule has 0 N–H and O–H groups in total. The van der Waals surface area contributed by atoms with E-state index < -0.39 is 0 Å². The molecule has 2 aliphatic carbocycles. The third kappa shape index (κ3) is 2.02. The Morgan fingerprint density at radius 1 is 0.952 bits per heavy atom. The molecule has 2 nitrogen and oxygen atoms in total. The molecule has 1 saturated carbocycles. The van der Waals surface area contributed by atoms with Crippen LogP contribution in [-0.4, -0.2) is 9.97 Å². The first-order valence-corrected chi connectivity index (χ1v) is 7.52. The van der Waals surface area contributed by atoms with Crippen molar-refractivity contribution in [3.63, 3.8) is 0 Å². The lowest BCUT2D eigenvalue weighted by molar-refractivity contribution is 0.723. The SMILES string of the molecule is C[C@]12C[C@H]1C(c1ccccn1)=CCC=C2c1ccccn1. The third-order valence-corrected chi connectivity index (χ3v) is 4.79. The number of rotatable bonds is 2. The van der Waals surface area contributed by atoms with Crippen LogP contribution >= 0.6 is 0 Å². The van der Waals surface area contributed by atoms with Crippen LogP contribution in [0.5, 0.6) is 0 Å². The van der Waals surface area contributed by atoms with Crippen LogP contribution in [0.2, 0.25) is 0 Å².